The van der Waals surface area contributed by atoms with Crippen molar-refractivity contribution in [1.82, 2.24) is 19.4 Å². The minimum Gasteiger partial charge on any atom is -0.381 e. The van der Waals surface area contributed by atoms with Gasteiger partial charge in [0.1, 0.15) is 5.82 Å². The van der Waals surface area contributed by atoms with E-state index in [4.69, 9.17) is 14.5 Å². The molecule has 0 N–H and O–H groups in total. The van der Waals surface area contributed by atoms with Crippen LogP contribution in [0.15, 0.2) is 65.6 Å². The summed E-state index contributed by atoms with van der Waals surface area (Å²) in [6.07, 6.45) is 6.82. The first-order chi connectivity index (χ1) is 22.6. The molecule has 0 saturated carbocycles. The molecule has 0 atom stereocenters. The van der Waals surface area contributed by atoms with E-state index in [9.17, 15) is 0 Å². The molecule has 4 aliphatic rings. The Morgan fingerprint density at radius 2 is 1.37 bits per heavy atom. The number of imidazole rings is 1. The second-order valence-electron chi connectivity index (χ2n) is 13.6. The number of rotatable bonds is 7. The van der Waals surface area contributed by atoms with Crippen LogP contribution in [0.4, 0.5) is 5.69 Å². The second-order valence-corrected chi connectivity index (χ2v) is 14.5. The number of thioether (sulfide) groups is 1. The predicted molar refractivity (Wildman–Crippen MR) is 189 cm³/mol. The number of piperidine rings is 1. The molecule has 8 heteroatoms. The molecule has 0 aliphatic carbocycles. The second kappa shape index (κ2) is 13.3. The maximum absolute atomic E-state index is 5.60. The fourth-order valence-corrected chi connectivity index (χ4v) is 8.47. The van der Waals surface area contributed by atoms with Gasteiger partial charge in [-0.1, -0.05) is 24.3 Å². The van der Waals surface area contributed by atoms with Crippen molar-refractivity contribution in [3.63, 3.8) is 0 Å². The van der Waals surface area contributed by atoms with Gasteiger partial charge in [-0.2, -0.15) is 0 Å². The minimum atomic E-state index is 0.507. The van der Waals surface area contributed by atoms with Gasteiger partial charge in [0.05, 0.1) is 30.3 Å². The zero-order valence-electron chi connectivity index (χ0n) is 27.4. The van der Waals surface area contributed by atoms with Crippen molar-refractivity contribution in [3.05, 3.63) is 66.2 Å². The highest BCUT2D eigenvalue weighted by molar-refractivity contribution is 7.98. The summed E-state index contributed by atoms with van der Waals surface area (Å²) in [5.74, 6) is 1.55. The van der Waals surface area contributed by atoms with Crippen molar-refractivity contribution in [2.45, 2.75) is 48.6 Å². The Balaban J connectivity index is 1.07. The van der Waals surface area contributed by atoms with Crippen LogP contribution >= 0.6 is 11.8 Å². The molecule has 0 unspecified atom stereocenters. The Morgan fingerprint density at radius 3 is 2.02 bits per heavy atom. The molecular formula is C38H47N5O2S. The fraction of sp³-hybridized carbons (Fsp3) is 0.500. The van der Waals surface area contributed by atoms with E-state index in [1.54, 1.807) is 11.8 Å². The highest BCUT2D eigenvalue weighted by Crippen LogP contribution is 2.39. The minimum absolute atomic E-state index is 0.507. The zero-order valence-corrected chi connectivity index (χ0v) is 28.2. The van der Waals surface area contributed by atoms with Crippen LogP contribution in [-0.4, -0.2) is 103 Å². The molecule has 8 rings (SSSR count). The topological polar surface area (TPSA) is 46.0 Å². The van der Waals surface area contributed by atoms with Crippen LogP contribution in [0.5, 0.6) is 0 Å². The van der Waals surface area contributed by atoms with E-state index in [-0.39, 0.29) is 0 Å². The van der Waals surface area contributed by atoms with Crippen molar-refractivity contribution in [2.24, 2.45) is 7.05 Å². The first-order valence-electron chi connectivity index (χ1n) is 17.3. The monoisotopic (exact) mass is 637 g/mol. The van der Waals surface area contributed by atoms with E-state index in [1.165, 1.54) is 69.6 Å². The molecule has 1 aromatic heterocycles. The third-order valence-corrected chi connectivity index (χ3v) is 11.8. The molecular weight excluding hydrogens is 591 g/mol. The number of nitrogens with zero attached hydrogens (tertiary/aromatic N) is 5. The quantitative estimate of drug-likeness (QED) is 0.214. The Morgan fingerprint density at radius 1 is 0.696 bits per heavy atom. The van der Waals surface area contributed by atoms with Crippen LogP contribution in [0.25, 0.3) is 33.5 Å². The Hall–Kier alpha value is -2.88. The molecule has 4 aliphatic heterocycles. The summed E-state index contributed by atoms with van der Waals surface area (Å²) >= 11 is 1.78. The van der Waals surface area contributed by atoms with Crippen LogP contribution in [0.1, 0.15) is 37.2 Å². The number of piperazine rings is 1. The fourth-order valence-electron chi connectivity index (χ4n) is 8.06. The smallest absolute Gasteiger partial charge is 0.140 e. The van der Waals surface area contributed by atoms with Crippen molar-refractivity contribution in [3.8, 4) is 22.5 Å². The number of ether oxygens (including phenoxy) is 2. The molecule has 0 bridgehead atoms. The summed E-state index contributed by atoms with van der Waals surface area (Å²) in [5.41, 5.74) is 8.88. The van der Waals surface area contributed by atoms with Gasteiger partial charge in [0.25, 0.3) is 0 Å². The van der Waals surface area contributed by atoms with Gasteiger partial charge < -0.3 is 18.9 Å². The summed E-state index contributed by atoms with van der Waals surface area (Å²) in [7, 11) is 2.18. The van der Waals surface area contributed by atoms with E-state index < -0.39 is 0 Å². The van der Waals surface area contributed by atoms with Crippen molar-refractivity contribution < 1.29 is 9.47 Å². The third kappa shape index (κ3) is 5.99. The zero-order chi connectivity index (χ0) is 31.0. The average Bonchev–Trinajstić information content (AvgIpc) is 3.44. The number of fused-ring (bicyclic) bond motifs is 1. The molecule has 4 aromatic rings. The maximum atomic E-state index is 5.60. The lowest BCUT2D eigenvalue weighted by molar-refractivity contribution is -0.0712. The summed E-state index contributed by atoms with van der Waals surface area (Å²) in [6.45, 7) is 10.4. The van der Waals surface area contributed by atoms with Gasteiger partial charge in [0.15, 0.2) is 0 Å². The van der Waals surface area contributed by atoms with Crippen LogP contribution in [0.3, 0.4) is 0 Å². The average molecular weight is 638 g/mol. The lowest BCUT2D eigenvalue weighted by Crippen LogP contribution is -2.51. The highest BCUT2D eigenvalue weighted by atomic mass is 32.2. The van der Waals surface area contributed by atoms with E-state index in [0.717, 1.165) is 71.5 Å². The van der Waals surface area contributed by atoms with Crippen LogP contribution in [0, 0.1) is 0 Å². The van der Waals surface area contributed by atoms with Crippen LogP contribution in [-0.2, 0) is 16.5 Å². The van der Waals surface area contributed by atoms with Gasteiger partial charge in [-0.3, -0.25) is 9.80 Å². The molecule has 4 fully saturated rings. The molecule has 7 nitrogen and oxygen atoms in total. The molecule has 242 valence electrons. The van der Waals surface area contributed by atoms with Gasteiger partial charge in [-0.05, 0) is 104 Å². The molecule has 5 heterocycles. The first-order valence-corrected chi connectivity index (χ1v) is 18.5. The van der Waals surface area contributed by atoms with Gasteiger partial charge in [0.2, 0.25) is 0 Å². The molecule has 4 saturated heterocycles. The van der Waals surface area contributed by atoms with E-state index in [1.807, 2.05) is 0 Å². The number of aromatic nitrogens is 2. The first kappa shape index (κ1) is 30.5. The van der Waals surface area contributed by atoms with Gasteiger partial charge in [-0.25, -0.2) is 4.98 Å². The highest BCUT2D eigenvalue weighted by Gasteiger charge is 2.32. The lowest BCUT2D eigenvalue weighted by atomic mass is 9.86. The van der Waals surface area contributed by atoms with Crippen molar-refractivity contribution >= 4 is 28.5 Å². The number of hydrogen-bond acceptors (Lipinski definition) is 7. The molecule has 46 heavy (non-hydrogen) atoms. The van der Waals surface area contributed by atoms with Crippen LogP contribution < -0.4 is 4.90 Å². The number of likely N-dealkylation sites (tertiary alicyclic amines) is 1. The molecule has 0 amide bonds. The van der Waals surface area contributed by atoms with E-state index in [2.05, 4.69) is 93.2 Å². The van der Waals surface area contributed by atoms with Gasteiger partial charge in [-0.15, -0.1) is 11.8 Å². The van der Waals surface area contributed by atoms with Gasteiger partial charge >= 0.3 is 0 Å². The number of hydrogen-bond donors (Lipinski definition) is 0. The number of anilines is 1. The molecule has 3 aromatic carbocycles. The van der Waals surface area contributed by atoms with E-state index in [0.29, 0.717) is 18.0 Å². The number of aryl methyl sites for hydroxylation is 1. The Labute approximate surface area is 277 Å². The Kier molecular flexibility index (Phi) is 8.82. The maximum Gasteiger partial charge on any atom is 0.140 e. The SMILES string of the molecule is CSc1ccc(-c2nc3c(C4CCN(C5COC5)CC4)cc(-c4ccc(N5CCN(C6CCOCC6)CC5)cc4)cc3n2C)cc1. The molecule has 0 spiro atoms. The summed E-state index contributed by atoms with van der Waals surface area (Å²) < 4.78 is 13.4. The standard InChI is InChI=1S/C38H47N5O2S/c1-40-36-24-30(27-3-7-31(8-4-27)42-17-19-43(20-18-42)32-13-21-44-22-14-32)23-35(28-11-15-41(16-12-28)33-25-45-26-33)37(36)39-38(40)29-5-9-34(46-2)10-6-29/h3-10,23-24,28,32-33H,11-22,25-26H2,1-2H3. The molecule has 0 radical (unpaired) electrons. The third-order valence-electron chi connectivity index (χ3n) is 11.1. The van der Waals surface area contributed by atoms with Crippen molar-refractivity contribution in [1.29, 1.82) is 0 Å². The van der Waals surface area contributed by atoms with Gasteiger partial charge in [0, 0.05) is 68.6 Å². The lowest BCUT2D eigenvalue weighted by Gasteiger charge is -2.41. The largest absolute Gasteiger partial charge is 0.381 e. The summed E-state index contributed by atoms with van der Waals surface area (Å²) in [5, 5.41) is 0. The summed E-state index contributed by atoms with van der Waals surface area (Å²) in [6, 6.07) is 24.3. The van der Waals surface area contributed by atoms with Crippen molar-refractivity contribution in [2.75, 3.05) is 76.9 Å². The van der Waals surface area contributed by atoms with E-state index >= 15 is 0 Å². The predicted octanol–water partition coefficient (Wildman–Crippen LogP) is 6.51. The van der Waals surface area contributed by atoms with Crippen LogP contribution in [0.2, 0.25) is 0 Å². The Bertz CT molecular complexity index is 1630. The normalized spacial score (nSPS) is 21.2. The summed E-state index contributed by atoms with van der Waals surface area (Å²) in [4.78, 5) is 14.5. The number of benzene rings is 3.